The number of nitrogens with zero attached hydrogens (tertiary/aromatic N) is 4. The van der Waals surface area contributed by atoms with Crippen molar-refractivity contribution in [2.45, 2.75) is 44.7 Å². The molecule has 8 nitrogen and oxygen atoms in total. The summed E-state index contributed by atoms with van der Waals surface area (Å²) in [6.45, 7) is 3.75. The van der Waals surface area contributed by atoms with Crippen LogP contribution in [0.25, 0.3) is 10.2 Å². The van der Waals surface area contributed by atoms with Gasteiger partial charge in [0.1, 0.15) is 10.9 Å². The molecule has 0 saturated heterocycles. The fourth-order valence-corrected chi connectivity index (χ4v) is 4.07. The predicted octanol–water partition coefficient (Wildman–Crippen LogP) is 2.16. The van der Waals surface area contributed by atoms with Crippen LogP contribution in [-0.4, -0.2) is 25.8 Å². The van der Waals surface area contributed by atoms with Gasteiger partial charge in [-0.25, -0.2) is 0 Å². The molecular formula is C16H20N6O2S. The predicted molar refractivity (Wildman–Crippen MR) is 93.2 cm³/mol. The number of hydrogen-bond acceptors (Lipinski definition) is 7. The topological polar surface area (TPSA) is 112 Å². The number of aryl methyl sites for hydroxylation is 2. The van der Waals surface area contributed by atoms with Gasteiger partial charge >= 0.3 is 0 Å². The van der Waals surface area contributed by atoms with Crippen LogP contribution in [0, 0.1) is 6.92 Å². The Morgan fingerprint density at radius 3 is 2.92 bits per heavy atom. The van der Waals surface area contributed by atoms with Gasteiger partial charge in [0.25, 0.3) is 5.91 Å². The lowest BCUT2D eigenvalue weighted by molar-refractivity contribution is 0.0936. The fourth-order valence-electron chi connectivity index (χ4n) is 3.04. The van der Waals surface area contributed by atoms with Crippen LogP contribution in [0.1, 0.15) is 59.3 Å². The van der Waals surface area contributed by atoms with E-state index in [9.17, 15) is 4.79 Å². The number of rotatable bonds is 4. The first-order valence-electron chi connectivity index (χ1n) is 8.24. The second kappa shape index (κ2) is 5.63. The van der Waals surface area contributed by atoms with E-state index in [1.54, 1.807) is 4.68 Å². The Kier molecular flexibility index (Phi) is 3.66. The molecule has 1 unspecified atom stereocenters. The van der Waals surface area contributed by atoms with E-state index in [4.69, 9.17) is 10.3 Å². The van der Waals surface area contributed by atoms with Gasteiger partial charge in [-0.3, -0.25) is 9.48 Å². The van der Waals surface area contributed by atoms with E-state index in [0.29, 0.717) is 16.6 Å². The van der Waals surface area contributed by atoms with Crippen LogP contribution >= 0.6 is 11.3 Å². The summed E-state index contributed by atoms with van der Waals surface area (Å²) in [5.41, 5.74) is 6.65. The summed E-state index contributed by atoms with van der Waals surface area (Å²) >= 11 is 1.41. The molecule has 0 radical (unpaired) electrons. The normalized spacial score (nSPS) is 17.4. The van der Waals surface area contributed by atoms with Crippen molar-refractivity contribution >= 4 is 27.5 Å². The third-order valence-electron chi connectivity index (χ3n) is 4.77. The molecule has 132 valence electrons. The summed E-state index contributed by atoms with van der Waals surface area (Å²) in [6, 6.07) is 1.48. The van der Waals surface area contributed by atoms with Crippen molar-refractivity contribution < 1.29 is 9.32 Å². The van der Waals surface area contributed by atoms with Crippen LogP contribution < -0.4 is 11.1 Å². The zero-order chi connectivity index (χ0) is 17.8. The monoisotopic (exact) mass is 360 g/mol. The van der Waals surface area contributed by atoms with Crippen molar-refractivity contribution in [1.82, 2.24) is 25.2 Å². The standard InChI is InChI=1S/C16H20N6O2S/c1-8-10-7-11(25-14(10)22(3)20-8)12(23)18-9(2)13-19-15(21-24-13)16(17)5-4-6-16/h7,9H,4-6,17H2,1-3H3,(H,18,23). The second-order valence-corrected chi connectivity index (χ2v) is 7.73. The smallest absolute Gasteiger partial charge is 0.262 e. The summed E-state index contributed by atoms with van der Waals surface area (Å²) in [5, 5.41) is 12.2. The molecule has 0 aromatic carbocycles. The first-order valence-corrected chi connectivity index (χ1v) is 9.06. The highest BCUT2D eigenvalue weighted by atomic mass is 32.1. The average Bonchev–Trinajstić information content (AvgIpc) is 3.23. The summed E-state index contributed by atoms with van der Waals surface area (Å²) in [5.74, 6) is 0.733. The molecule has 1 saturated carbocycles. The van der Waals surface area contributed by atoms with Crippen LogP contribution in [0.15, 0.2) is 10.6 Å². The maximum Gasteiger partial charge on any atom is 0.262 e. The van der Waals surface area contributed by atoms with Gasteiger partial charge in [-0.15, -0.1) is 11.3 Å². The van der Waals surface area contributed by atoms with E-state index >= 15 is 0 Å². The van der Waals surface area contributed by atoms with Crippen molar-refractivity contribution in [1.29, 1.82) is 0 Å². The fraction of sp³-hybridized carbons (Fsp3) is 0.500. The number of hydrogen-bond donors (Lipinski definition) is 2. The van der Waals surface area contributed by atoms with Crippen molar-refractivity contribution in [3.8, 4) is 0 Å². The molecule has 3 heterocycles. The first-order chi connectivity index (χ1) is 11.9. The molecule has 0 bridgehead atoms. The number of carbonyl (C=O) groups excluding carboxylic acids is 1. The Morgan fingerprint density at radius 2 is 2.28 bits per heavy atom. The van der Waals surface area contributed by atoms with E-state index in [2.05, 4.69) is 20.6 Å². The molecule has 0 aliphatic heterocycles. The first kappa shape index (κ1) is 16.2. The van der Waals surface area contributed by atoms with Crippen molar-refractivity contribution in [2.24, 2.45) is 12.8 Å². The zero-order valence-corrected chi connectivity index (χ0v) is 15.2. The lowest BCUT2D eigenvalue weighted by Gasteiger charge is -2.34. The van der Waals surface area contributed by atoms with E-state index in [1.165, 1.54) is 11.3 Å². The Balaban J connectivity index is 1.50. The summed E-state index contributed by atoms with van der Waals surface area (Å²) in [7, 11) is 1.87. The maximum absolute atomic E-state index is 12.5. The number of nitrogens with two attached hydrogens (primary N) is 1. The molecule has 1 aliphatic rings. The number of thiophene rings is 1. The molecule has 3 aromatic heterocycles. The molecule has 1 amide bonds. The molecule has 3 N–H and O–H groups in total. The summed E-state index contributed by atoms with van der Waals surface area (Å²) in [6.07, 6.45) is 2.80. The minimum atomic E-state index is -0.471. The number of nitrogens with one attached hydrogen (secondary N) is 1. The van der Waals surface area contributed by atoms with E-state index in [1.807, 2.05) is 27.0 Å². The molecule has 25 heavy (non-hydrogen) atoms. The van der Waals surface area contributed by atoms with Gasteiger partial charge in [-0.2, -0.15) is 10.1 Å². The minimum Gasteiger partial charge on any atom is -0.340 e. The highest BCUT2D eigenvalue weighted by Crippen LogP contribution is 2.37. The molecule has 3 aromatic rings. The molecule has 1 aliphatic carbocycles. The van der Waals surface area contributed by atoms with Crippen LogP contribution in [-0.2, 0) is 12.6 Å². The Hall–Kier alpha value is -2.26. The van der Waals surface area contributed by atoms with Crippen molar-refractivity contribution in [3.05, 3.63) is 28.4 Å². The number of carbonyl (C=O) groups is 1. The van der Waals surface area contributed by atoms with Gasteiger partial charge in [0, 0.05) is 12.4 Å². The van der Waals surface area contributed by atoms with Crippen molar-refractivity contribution in [2.75, 3.05) is 0 Å². The SMILES string of the molecule is Cc1nn(C)c2sc(C(=O)NC(C)c3nc(C4(N)CCC4)no3)cc12. The van der Waals surface area contributed by atoms with Crippen LogP contribution in [0.2, 0.25) is 0 Å². The van der Waals surface area contributed by atoms with Gasteiger partial charge in [0.05, 0.1) is 16.1 Å². The van der Waals surface area contributed by atoms with Crippen LogP contribution in [0.3, 0.4) is 0 Å². The second-order valence-electron chi connectivity index (χ2n) is 6.70. The van der Waals surface area contributed by atoms with Crippen LogP contribution in [0.5, 0.6) is 0 Å². The molecule has 4 rings (SSSR count). The largest absolute Gasteiger partial charge is 0.340 e. The highest BCUT2D eigenvalue weighted by molar-refractivity contribution is 7.20. The van der Waals surface area contributed by atoms with E-state index < -0.39 is 5.54 Å². The molecule has 1 fully saturated rings. The van der Waals surface area contributed by atoms with E-state index in [-0.39, 0.29) is 11.9 Å². The van der Waals surface area contributed by atoms with Gasteiger partial charge < -0.3 is 15.6 Å². The highest BCUT2D eigenvalue weighted by Gasteiger charge is 2.39. The lowest BCUT2D eigenvalue weighted by atomic mass is 9.77. The van der Waals surface area contributed by atoms with Gasteiger partial charge in [-0.05, 0) is 39.2 Å². The number of amides is 1. The molecule has 1 atom stereocenters. The quantitative estimate of drug-likeness (QED) is 0.737. The Labute approximate surface area is 148 Å². The summed E-state index contributed by atoms with van der Waals surface area (Å²) in [4.78, 5) is 18.5. The third kappa shape index (κ3) is 2.63. The molecule has 9 heteroatoms. The lowest BCUT2D eigenvalue weighted by Crippen LogP contribution is -2.44. The number of aromatic nitrogens is 4. The third-order valence-corrected chi connectivity index (χ3v) is 5.97. The Bertz CT molecular complexity index is 917. The Morgan fingerprint density at radius 1 is 1.52 bits per heavy atom. The average molecular weight is 360 g/mol. The molecular weight excluding hydrogens is 340 g/mol. The van der Waals surface area contributed by atoms with Crippen LogP contribution in [0.4, 0.5) is 0 Å². The zero-order valence-electron chi connectivity index (χ0n) is 14.4. The van der Waals surface area contributed by atoms with Crippen molar-refractivity contribution in [3.63, 3.8) is 0 Å². The maximum atomic E-state index is 12.5. The number of fused-ring (bicyclic) bond motifs is 1. The van der Waals surface area contributed by atoms with Gasteiger partial charge in [-0.1, -0.05) is 5.16 Å². The molecule has 0 spiro atoms. The van der Waals surface area contributed by atoms with Gasteiger partial charge in [0.2, 0.25) is 5.89 Å². The van der Waals surface area contributed by atoms with E-state index in [0.717, 1.165) is 35.2 Å². The minimum absolute atomic E-state index is 0.168. The van der Waals surface area contributed by atoms with Gasteiger partial charge in [0.15, 0.2) is 5.82 Å². The summed E-state index contributed by atoms with van der Waals surface area (Å²) < 4.78 is 7.09.